The van der Waals surface area contributed by atoms with Crippen molar-refractivity contribution in [2.45, 2.75) is 115 Å². The third-order valence-electron chi connectivity index (χ3n) is 10.6. The highest BCUT2D eigenvalue weighted by Gasteiger charge is 2.28. The van der Waals surface area contributed by atoms with Crippen LogP contribution in [-0.4, -0.2) is 26.2 Å². The van der Waals surface area contributed by atoms with E-state index in [0.717, 1.165) is 0 Å². The second-order valence-electron chi connectivity index (χ2n) is 13.1. The number of hydrogen-bond acceptors (Lipinski definition) is 2. The standard InChI is InChI=1S/C36H48N2/c1-5-13-27(14-6-1)35-31-19-17-30(38-23-11-4-12-24-38)26-34(31)36(28-15-7-2-8-16-28)32-20-18-29(25-33(32)35)37-21-9-3-10-22-37/h17-20,25-28H,1-16,21-24H2. The van der Waals surface area contributed by atoms with Crippen LogP contribution in [0.5, 0.6) is 0 Å². The third-order valence-corrected chi connectivity index (χ3v) is 10.6. The predicted molar refractivity (Wildman–Crippen MR) is 165 cm³/mol. The van der Waals surface area contributed by atoms with Crippen LogP contribution in [0.3, 0.4) is 0 Å². The van der Waals surface area contributed by atoms with E-state index in [1.807, 2.05) is 0 Å². The first kappa shape index (κ1) is 24.8. The van der Waals surface area contributed by atoms with Gasteiger partial charge in [0.2, 0.25) is 0 Å². The van der Waals surface area contributed by atoms with Gasteiger partial charge in [0.15, 0.2) is 0 Å². The fourth-order valence-electron chi connectivity index (χ4n) is 8.63. The lowest BCUT2D eigenvalue weighted by atomic mass is 9.74. The van der Waals surface area contributed by atoms with Gasteiger partial charge in [-0.15, -0.1) is 0 Å². The van der Waals surface area contributed by atoms with Crippen molar-refractivity contribution >= 4 is 32.9 Å². The maximum Gasteiger partial charge on any atom is 0.0372 e. The van der Waals surface area contributed by atoms with Crippen molar-refractivity contribution < 1.29 is 0 Å². The molecule has 0 radical (unpaired) electrons. The maximum absolute atomic E-state index is 2.68. The van der Waals surface area contributed by atoms with E-state index < -0.39 is 0 Å². The average Bonchev–Trinajstić information content (AvgIpc) is 3.01. The number of piperidine rings is 2. The summed E-state index contributed by atoms with van der Waals surface area (Å²) in [6.45, 7) is 4.91. The van der Waals surface area contributed by atoms with Crippen LogP contribution in [0.25, 0.3) is 21.5 Å². The molecular formula is C36H48N2. The van der Waals surface area contributed by atoms with Crippen LogP contribution in [0.1, 0.15) is 126 Å². The van der Waals surface area contributed by atoms with E-state index in [1.165, 1.54) is 140 Å². The molecule has 2 aliphatic carbocycles. The Morgan fingerprint density at radius 1 is 0.395 bits per heavy atom. The van der Waals surface area contributed by atoms with Gasteiger partial charge in [0.25, 0.3) is 0 Å². The smallest absolute Gasteiger partial charge is 0.0372 e. The second kappa shape index (κ2) is 11.1. The first-order valence-corrected chi connectivity index (χ1v) is 16.4. The summed E-state index contributed by atoms with van der Waals surface area (Å²) in [5, 5.41) is 6.42. The Kier molecular flexibility index (Phi) is 7.25. The van der Waals surface area contributed by atoms with Gasteiger partial charge in [-0.2, -0.15) is 0 Å². The molecule has 2 heteroatoms. The topological polar surface area (TPSA) is 6.48 Å². The van der Waals surface area contributed by atoms with E-state index in [1.54, 1.807) is 32.7 Å². The number of fused-ring (bicyclic) bond motifs is 2. The fourth-order valence-corrected chi connectivity index (χ4v) is 8.63. The van der Waals surface area contributed by atoms with E-state index in [2.05, 4.69) is 46.2 Å². The van der Waals surface area contributed by atoms with E-state index >= 15 is 0 Å². The molecule has 2 saturated heterocycles. The van der Waals surface area contributed by atoms with Crippen molar-refractivity contribution in [1.82, 2.24) is 0 Å². The molecule has 38 heavy (non-hydrogen) atoms. The first-order chi connectivity index (χ1) is 18.9. The van der Waals surface area contributed by atoms with E-state index in [4.69, 9.17) is 0 Å². The lowest BCUT2D eigenvalue weighted by Gasteiger charge is -2.33. The number of rotatable bonds is 4. The Labute approximate surface area is 230 Å². The highest BCUT2D eigenvalue weighted by atomic mass is 15.1. The maximum atomic E-state index is 2.68. The lowest BCUT2D eigenvalue weighted by molar-refractivity contribution is 0.445. The van der Waals surface area contributed by atoms with Crippen molar-refractivity contribution in [2.75, 3.05) is 36.0 Å². The summed E-state index contributed by atoms with van der Waals surface area (Å²) in [6, 6.07) is 15.4. The van der Waals surface area contributed by atoms with Crippen LogP contribution in [0, 0.1) is 0 Å². The van der Waals surface area contributed by atoms with Gasteiger partial charge in [-0.25, -0.2) is 0 Å². The molecule has 0 aromatic heterocycles. The minimum absolute atomic E-state index is 0.714. The van der Waals surface area contributed by atoms with Crippen LogP contribution in [0.15, 0.2) is 36.4 Å². The number of anilines is 2. The highest BCUT2D eigenvalue weighted by molar-refractivity contribution is 6.08. The molecular weight excluding hydrogens is 460 g/mol. The van der Waals surface area contributed by atoms with Crippen molar-refractivity contribution in [3.63, 3.8) is 0 Å². The molecule has 0 bridgehead atoms. The number of benzene rings is 3. The van der Waals surface area contributed by atoms with E-state index in [0.29, 0.717) is 11.8 Å². The van der Waals surface area contributed by atoms with Crippen molar-refractivity contribution in [3.8, 4) is 0 Å². The molecule has 0 unspecified atom stereocenters. The van der Waals surface area contributed by atoms with Gasteiger partial charge in [0.05, 0.1) is 0 Å². The van der Waals surface area contributed by atoms with Gasteiger partial charge < -0.3 is 9.80 Å². The molecule has 3 aromatic rings. The summed E-state index contributed by atoms with van der Waals surface area (Å²) < 4.78 is 0. The zero-order valence-electron chi connectivity index (χ0n) is 23.7. The van der Waals surface area contributed by atoms with Crippen LogP contribution in [-0.2, 0) is 0 Å². The van der Waals surface area contributed by atoms with Crippen LogP contribution < -0.4 is 9.80 Å². The van der Waals surface area contributed by atoms with Crippen LogP contribution in [0.2, 0.25) is 0 Å². The molecule has 2 nitrogen and oxygen atoms in total. The molecule has 4 aliphatic rings. The summed E-state index contributed by atoms with van der Waals surface area (Å²) in [7, 11) is 0. The summed E-state index contributed by atoms with van der Waals surface area (Å²) in [6.07, 6.45) is 22.1. The summed E-state index contributed by atoms with van der Waals surface area (Å²) >= 11 is 0. The van der Waals surface area contributed by atoms with Gasteiger partial charge in [-0.05, 0) is 133 Å². The normalized spacial score (nSPS) is 22.4. The summed E-state index contributed by atoms with van der Waals surface area (Å²) in [4.78, 5) is 5.36. The molecule has 2 aliphatic heterocycles. The Hall–Kier alpha value is -2.22. The largest absolute Gasteiger partial charge is 0.372 e. The Balaban J connectivity index is 1.47. The number of hydrogen-bond donors (Lipinski definition) is 0. The van der Waals surface area contributed by atoms with Gasteiger partial charge in [0.1, 0.15) is 0 Å². The minimum Gasteiger partial charge on any atom is -0.372 e. The van der Waals surface area contributed by atoms with Gasteiger partial charge >= 0.3 is 0 Å². The summed E-state index contributed by atoms with van der Waals surface area (Å²) in [5.41, 5.74) is 6.37. The monoisotopic (exact) mass is 508 g/mol. The van der Waals surface area contributed by atoms with Crippen molar-refractivity contribution in [2.24, 2.45) is 0 Å². The molecule has 2 heterocycles. The van der Waals surface area contributed by atoms with Crippen LogP contribution >= 0.6 is 0 Å². The molecule has 4 fully saturated rings. The zero-order chi connectivity index (χ0) is 25.3. The molecule has 0 spiro atoms. The van der Waals surface area contributed by atoms with E-state index in [9.17, 15) is 0 Å². The Bertz CT molecular complexity index is 1150. The van der Waals surface area contributed by atoms with Crippen molar-refractivity contribution in [3.05, 3.63) is 47.5 Å². The molecule has 0 N–H and O–H groups in total. The van der Waals surface area contributed by atoms with Gasteiger partial charge in [-0.3, -0.25) is 0 Å². The summed E-state index contributed by atoms with van der Waals surface area (Å²) in [5.74, 6) is 1.43. The van der Waals surface area contributed by atoms with Gasteiger partial charge in [0, 0.05) is 37.6 Å². The third kappa shape index (κ3) is 4.71. The molecule has 0 amide bonds. The zero-order valence-corrected chi connectivity index (χ0v) is 23.7. The lowest BCUT2D eigenvalue weighted by Crippen LogP contribution is -2.29. The Morgan fingerprint density at radius 3 is 1.16 bits per heavy atom. The Morgan fingerprint density at radius 2 is 0.763 bits per heavy atom. The molecule has 202 valence electrons. The number of nitrogens with zero attached hydrogens (tertiary/aromatic N) is 2. The van der Waals surface area contributed by atoms with Crippen molar-refractivity contribution in [1.29, 1.82) is 0 Å². The predicted octanol–water partition coefficient (Wildman–Crippen LogP) is 10.1. The van der Waals surface area contributed by atoms with E-state index in [-0.39, 0.29) is 0 Å². The molecule has 3 aromatic carbocycles. The quantitative estimate of drug-likeness (QED) is 0.323. The first-order valence-electron chi connectivity index (χ1n) is 16.4. The molecule has 0 atom stereocenters. The molecule has 7 rings (SSSR count). The van der Waals surface area contributed by atoms with Crippen LogP contribution in [0.4, 0.5) is 11.4 Å². The minimum atomic E-state index is 0.714. The molecule has 2 saturated carbocycles. The highest BCUT2D eigenvalue weighted by Crippen LogP contribution is 2.48. The van der Waals surface area contributed by atoms with Gasteiger partial charge in [-0.1, -0.05) is 50.7 Å². The SMILES string of the molecule is c1cc2c(C3CCCCC3)c3cc(N4CCCCC4)ccc3c(C3CCCCC3)c2cc1N1CCCCC1. The fraction of sp³-hybridized carbons (Fsp3) is 0.611. The second-order valence-corrected chi connectivity index (χ2v) is 13.1. The average molecular weight is 509 g/mol.